The molecule has 0 radical (unpaired) electrons. The van der Waals surface area contributed by atoms with Crippen molar-refractivity contribution < 1.29 is 19.4 Å². The Morgan fingerprint density at radius 1 is 1.38 bits per heavy atom. The molecule has 1 unspecified atom stereocenters. The van der Waals surface area contributed by atoms with E-state index in [-0.39, 0.29) is 35.4 Å². The number of aliphatic carboxylic acids is 1. The molecule has 5 nitrogen and oxygen atoms in total. The van der Waals surface area contributed by atoms with Crippen molar-refractivity contribution in [2.75, 3.05) is 6.54 Å². The molecule has 21 heavy (non-hydrogen) atoms. The van der Waals surface area contributed by atoms with Crippen LogP contribution < -0.4 is 0 Å². The number of likely N-dealkylation sites (tertiary alicyclic amines) is 1. The van der Waals surface area contributed by atoms with E-state index in [1.165, 1.54) is 0 Å². The molecule has 1 heterocycles. The fourth-order valence-electron chi connectivity index (χ4n) is 3.83. The molecule has 1 aliphatic carbocycles. The summed E-state index contributed by atoms with van der Waals surface area (Å²) in [6, 6.07) is -0.667. The third kappa shape index (κ3) is 3.07. The number of rotatable bonds is 4. The zero-order valence-corrected chi connectivity index (χ0v) is 13.8. The Labute approximate surface area is 126 Å². The van der Waals surface area contributed by atoms with E-state index in [0.29, 0.717) is 12.5 Å². The summed E-state index contributed by atoms with van der Waals surface area (Å²) in [6.07, 6.45) is 0.0258. The molecule has 1 saturated heterocycles. The smallest absolute Gasteiger partial charge is 0.326 e. The summed E-state index contributed by atoms with van der Waals surface area (Å²) in [6.45, 7) is 12.4. The molecule has 0 aromatic heterocycles. The van der Waals surface area contributed by atoms with Gasteiger partial charge in [-0.05, 0) is 39.0 Å². The summed E-state index contributed by atoms with van der Waals surface area (Å²) in [7, 11) is 0. The molecule has 120 valence electrons. The maximum Gasteiger partial charge on any atom is 0.326 e. The van der Waals surface area contributed by atoms with Gasteiger partial charge >= 0.3 is 5.97 Å². The molecular weight excluding hydrogens is 270 g/mol. The maximum atomic E-state index is 12.4. The zero-order chi connectivity index (χ0) is 16.2. The number of hydrogen-bond donors (Lipinski definition) is 1. The number of piperidine rings is 1. The van der Waals surface area contributed by atoms with Crippen molar-refractivity contribution in [2.24, 2.45) is 17.3 Å². The predicted molar refractivity (Wildman–Crippen MR) is 78.8 cm³/mol. The molecular formula is C16H27NO4. The number of hydrogen-bond acceptors (Lipinski definition) is 3. The standard InChI is InChI=1S/C16H27NO4/c1-9(21-15(2,3)4)7-11(18)17-8-10-12(16(10,5)6)13(17)14(19)20/h9-10,12-13H,7-8H2,1-6H3,(H,19,20)/t9-,10+,12?,13+/m1/s1. The van der Waals surface area contributed by atoms with Gasteiger partial charge in [0.05, 0.1) is 18.1 Å². The first-order valence-corrected chi connectivity index (χ1v) is 7.65. The van der Waals surface area contributed by atoms with Crippen LogP contribution in [0, 0.1) is 17.3 Å². The first kappa shape index (κ1) is 16.3. The van der Waals surface area contributed by atoms with Crippen LogP contribution >= 0.6 is 0 Å². The number of carboxylic acid groups (broad SMARTS) is 1. The molecule has 0 spiro atoms. The van der Waals surface area contributed by atoms with Gasteiger partial charge in [0.15, 0.2) is 0 Å². The van der Waals surface area contributed by atoms with Crippen LogP contribution in [-0.4, -0.2) is 46.2 Å². The number of carbonyl (C=O) groups excluding carboxylic acids is 1. The molecule has 5 heteroatoms. The lowest BCUT2D eigenvalue weighted by Gasteiger charge is -2.30. The summed E-state index contributed by atoms with van der Waals surface area (Å²) in [5.74, 6) is -0.577. The third-order valence-electron chi connectivity index (χ3n) is 4.80. The minimum absolute atomic E-state index is 0.0490. The summed E-state index contributed by atoms with van der Waals surface area (Å²) in [5.41, 5.74) is -0.256. The molecule has 2 aliphatic rings. The third-order valence-corrected chi connectivity index (χ3v) is 4.80. The highest BCUT2D eigenvalue weighted by Gasteiger charge is 2.69. The topological polar surface area (TPSA) is 66.8 Å². The van der Waals surface area contributed by atoms with Gasteiger partial charge in [-0.3, -0.25) is 4.79 Å². The van der Waals surface area contributed by atoms with E-state index in [1.807, 2.05) is 27.7 Å². The molecule has 2 fully saturated rings. The molecule has 0 bridgehead atoms. The molecule has 1 aliphatic heterocycles. The van der Waals surface area contributed by atoms with Crippen molar-refractivity contribution >= 4 is 11.9 Å². The number of carboxylic acids is 1. The van der Waals surface area contributed by atoms with E-state index in [0.717, 1.165) is 0 Å². The Balaban J connectivity index is 1.99. The van der Waals surface area contributed by atoms with Gasteiger partial charge in [-0.1, -0.05) is 13.8 Å². The number of nitrogens with zero attached hydrogens (tertiary/aromatic N) is 1. The van der Waals surface area contributed by atoms with Gasteiger partial charge in [-0.2, -0.15) is 0 Å². The maximum absolute atomic E-state index is 12.4. The number of amides is 1. The van der Waals surface area contributed by atoms with E-state index in [4.69, 9.17) is 4.74 Å². The second-order valence-corrected chi connectivity index (χ2v) is 8.03. The lowest BCUT2D eigenvalue weighted by molar-refractivity contribution is -0.152. The second-order valence-electron chi connectivity index (χ2n) is 8.03. The van der Waals surface area contributed by atoms with Crippen LogP contribution in [0.4, 0.5) is 0 Å². The first-order chi connectivity index (χ1) is 9.45. The minimum Gasteiger partial charge on any atom is -0.480 e. The summed E-state index contributed by atoms with van der Waals surface area (Å²) < 4.78 is 5.75. The summed E-state index contributed by atoms with van der Waals surface area (Å²) >= 11 is 0. The van der Waals surface area contributed by atoms with Crippen molar-refractivity contribution in [3.63, 3.8) is 0 Å². The van der Waals surface area contributed by atoms with Gasteiger partial charge in [0.1, 0.15) is 6.04 Å². The first-order valence-electron chi connectivity index (χ1n) is 7.65. The fraction of sp³-hybridized carbons (Fsp3) is 0.875. The highest BCUT2D eigenvalue weighted by atomic mass is 16.5. The summed E-state index contributed by atoms with van der Waals surface area (Å²) in [4.78, 5) is 25.5. The van der Waals surface area contributed by atoms with Crippen LogP contribution in [0.25, 0.3) is 0 Å². The van der Waals surface area contributed by atoms with Gasteiger partial charge < -0.3 is 14.7 Å². The lowest BCUT2D eigenvalue weighted by Crippen LogP contribution is -2.46. The van der Waals surface area contributed by atoms with Crippen LogP contribution in [0.5, 0.6) is 0 Å². The Kier molecular flexibility index (Phi) is 3.85. The Bertz CT molecular complexity index is 452. The number of fused-ring (bicyclic) bond motifs is 1. The van der Waals surface area contributed by atoms with E-state index in [9.17, 15) is 14.7 Å². The molecule has 0 aromatic carbocycles. The van der Waals surface area contributed by atoms with Gasteiger partial charge in [-0.15, -0.1) is 0 Å². The quantitative estimate of drug-likeness (QED) is 0.863. The molecule has 1 N–H and O–H groups in total. The van der Waals surface area contributed by atoms with Crippen LogP contribution in [0.15, 0.2) is 0 Å². The van der Waals surface area contributed by atoms with Crippen molar-refractivity contribution in [3.05, 3.63) is 0 Å². The van der Waals surface area contributed by atoms with E-state index in [2.05, 4.69) is 13.8 Å². The monoisotopic (exact) mass is 297 g/mol. The van der Waals surface area contributed by atoms with Crippen molar-refractivity contribution in [1.82, 2.24) is 4.90 Å². The van der Waals surface area contributed by atoms with Crippen LogP contribution in [0.2, 0.25) is 0 Å². The largest absolute Gasteiger partial charge is 0.480 e. The van der Waals surface area contributed by atoms with E-state index >= 15 is 0 Å². The number of carbonyl (C=O) groups is 2. The van der Waals surface area contributed by atoms with Crippen LogP contribution in [0.3, 0.4) is 0 Å². The van der Waals surface area contributed by atoms with E-state index in [1.54, 1.807) is 4.90 Å². The van der Waals surface area contributed by atoms with Crippen molar-refractivity contribution in [3.8, 4) is 0 Å². The normalized spacial score (nSPS) is 31.7. The molecule has 1 saturated carbocycles. The number of ether oxygens (including phenoxy) is 1. The van der Waals surface area contributed by atoms with Crippen molar-refractivity contribution in [2.45, 2.75) is 65.7 Å². The average molecular weight is 297 g/mol. The van der Waals surface area contributed by atoms with Crippen LogP contribution in [0.1, 0.15) is 48.0 Å². The molecule has 0 aromatic rings. The Morgan fingerprint density at radius 2 is 1.95 bits per heavy atom. The highest BCUT2D eigenvalue weighted by molar-refractivity contribution is 5.86. The minimum atomic E-state index is -0.884. The second kappa shape index (κ2) is 4.97. The van der Waals surface area contributed by atoms with Gasteiger partial charge in [0.2, 0.25) is 5.91 Å². The Hall–Kier alpha value is -1.10. The van der Waals surface area contributed by atoms with Crippen LogP contribution in [-0.2, 0) is 14.3 Å². The van der Waals surface area contributed by atoms with Gasteiger partial charge in [0.25, 0.3) is 0 Å². The molecule has 2 rings (SSSR count). The predicted octanol–water partition coefficient (Wildman–Crippen LogP) is 2.15. The lowest BCUT2D eigenvalue weighted by atomic mass is 10.0. The summed E-state index contributed by atoms with van der Waals surface area (Å²) in [5, 5.41) is 9.46. The molecule has 1 amide bonds. The zero-order valence-electron chi connectivity index (χ0n) is 13.8. The van der Waals surface area contributed by atoms with E-state index < -0.39 is 12.0 Å². The SMILES string of the molecule is C[C@H](CC(=O)N1C[C@H]2C([C@H]1C(=O)O)C2(C)C)OC(C)(C)C. The fourth-order valence-corrected chi connectivity index (χ4v) is 3.83. The van der Waals surface area contributed by atoms with Crippen molar-refractivity contribution in [1.29, 1.82) is 0 Å². The van der Waals surface area contributed by atoms with Gasteiger partial charge in [-0.25, -0.2) is 4.79 Å². The Morgan fingerprint density at radius 3 is 2.43 bits per heavy atom. The highest BCUT2D eigenvalue weighted by Crippen LogP contribution is 2.64. The van der Waals surface area contributed by atoms with Gasteiger partial charge in [0, 0.05) is 12.5 Å². The average Bonchev–Trinajstić information content (AvgIpc) is 2.69. The molecule has 4 atom stereocenters.